The molecule has 0 saturated heterocycles. The van der Waals surface area contributed by atoms with E-state index in [1.54, 1.807) is 0 Å². The van der Waals surface area contributed by atoms with Crippen LogP contribution in [0.2, 0.25) is 0 Å². The number of carbonyl (C=O) groups is 1. The molecule has 1 aliphatic rings. The van der Waals surface area contributed by atoms with Crippen LogP contribution in [0.4, 0.5) is 0 Å². The number of carboxylic acids is 1. The van der Waals surface area contributed by atoms with E-state index in [1.807, 2.05) is 60.7 Å². The third kappa shape index (κ3) is 6.43. The minimum atomic E-state index is -0.790. The summed E-state index contributed by atoms with van der Waals surface area (Å²) in [6.45, 7) is 0. The van der Waals surface area contributed by atoms with Crippen molar-refractivity contribution in [2.75, 3.05) is 6.16 Å². The van der Waals surface area contributed by atoms with Gasteiger partial charge in [-0.15, -0.1) is 0 Å². The summed E-state index contributed by atoms with van der Waals surface area (Å²) in [4.78, 5) is 11.0. The Bertz CT molecular complexity index is 558. The van der Waals surface area contributed by atoms with Gasteiger partial charge < -0.3 is 10.8 Å². The molecule has 1 fully saturated rings. The van der Waals surface area contributed by atoms with Gasteiger partial charge in [-0.3, -0.25) is 4.79 Å². The van der Waals surface area contributed by atoms with Gasteiger partial charge in [0.15, 0.2) is 0 Å². The summed E-state index contributed by atoms with van der Waals surface area (Å²) >= 11 is 0. The predicted octanol–water partition coefficient (Wildman–Crippen LogP) is 3.48. The van der Waals surface area contributed by atoms with Crippen molar-refractivity contribution in [3.05, 3.63) is 60.7 Å². The number of nitrogens with two attached hydrogens (primary N) is 1. The van der Waals surface area contributed by atoms with Crippen LogP contribution in [-0.2, 0) is 4.79 Å². The Morgan fingerprint density at radius 1 is 0.917 bits per heavy atom. The van der Waals surface area contributed by atoms with Gasteiger partial charge in [-0.05, 0) is 31.4 Å². The molecule has 0 atom stereocenters. The molecule has 4 heteroatoms. The summed E-state index contributed by atoms with van der Waals surface area (Å²) < 4.78 is 0. The van der Waals surface area contributed by atoms with E-state index >= 15 is 0 Å². The lowest BCUT2D eigenvalue weighted by Crippen LogP contribution is -2.22. The fourth-order valence-electron chi connectivity index (χ4n) is 2.82. The van der Waals surface area contributed by atoms with Crippen LogP contribution in [0, 0.1) is 0 Å². The maximum Gasteiger partial charge on any atom is 0.308 e. The molecule has 3 rings (SSSR count). The molecular formula is C20H26NO2P. The summed E-state index contributed by atoms with van der Waals surface area (Å²) in [6, 6.07) is 20.3. The van der Waals surface area contributed by atoms with Crippen molar-refractivity contribution in [1.82, 2.24) is 0 Å². The zero-order valence-electron chi connectivity index (χ0n) is 14.0. The van der Waals surface area contributed by atoms with E-state index in [0.717, 1.165) is 10.6 Å². The first-order chi connectivity index (χ1) is 11.7. The van der Waals surface area contributed by atoms with Gasteiger partial charge in [0.1, 0.15) is 0 Å². The van der Waals surface area contributed by atoms with Crippen LogP contribution in [0.15, 0.2) is 60.7 Å². The molecule has 24 heavy (non-hydrogen) atoms. The molecule has 1 aliphatic carbocycles. The number of hydrogen-bond donors (Lipinski definition) is 2. The van der Waals surface area contributed by atoms with E-state index in [0.29, 0.717) is 6.04 Å². The third-order valence-corrected chi connectivity index (χ3v) is 6.51. The summed E-state index contributed by atoms with van der Waals surface area (Å²) in [5, 5.41) is 11.2. The van der Waals surface area contributed by atoms with Gasteiger partial charge in [0.25, 0.3) is 0 Å². The van der Waals surface area contributed by atoms with Gasteiger partial charge in [0, 0.05) is 6.04 Å². The maximum absolute atomic E-state index is 11.0. The lowest BCUT2D eigenvalue weighted by molar-refractivity contribution is -0.134. The minimum Gasteiger partial charge on any atom is -0.481 e. The highest BCUT2D eigenvalue weighted by molar-refractivity contribution is 7.73. The monoisotopic (exact) mass is 343 g/mol. The Labute approximate surface area is 145 Å². The molecule has 0 radical (unpaired) electrons. The highest BCUT2D eigenvalue weighted by Gasteiger charge is 2.16. The number of benzene rings is 2. The molecule has 0 heterocycles. The molecule has 2 aromatic rings. The maximum atomic E-state index is 11.0. The molecule has 1 saturated carbocycles. The van der Waals surface area contributed by atoms with E-state index in [1.165, 1.54) is 32.1 Å². The largest absolute Gasteiger partial charge is 0.481 e. The number of rotatable bonds is 4. The quantitative estimate of drug-likeness (QED) is 0.836. The third-order valence-electron chi connectivity index (χ3n) is 4.08. The number of aliphatic carboxylic acids is 1. The van der Waals surface area contributed by atoms with E-state index in [9.17, 15) is 4.79 Å². The molecule has 3 nitrogen and oxygen atoms in total. The Morgan fingerprint density at radius 3 is 1.71 bits per heavy atom. The molecule has 128 valence electrons. The van der Waals surface area contributed by atoms with Crippen molar-refractivity contribution in [3.8, 4) is 0 Å². The molecule has 0 aromatic heterocycles. The first-order valence-corrected chi connectivity index (χ1v) is 10.0. The second-order valence-corrected chi connectivity index (χ2v) is 8.25. The molecule has 0 amide bonds. The smallest absolute Gasteiger partial charge is 0.308 e. The zero-order chi connectivity index (χ0) is 17.2. The summed E-state index contributed by atoms with van der Waals surface area (Å²) in [6.07, 6.45) is 6.85. The lowest BCUT2D eigenvalue weighted by Gasteiger charge is -2.16. The summed E-state index contributed by atoms with van der Waals surface area (Å²) in [5.74, 6) is -0.746. The first kappa shape index (κ1) is 18.6. The normalized spacial score (nSPS) is 14.8. The topological polar surface area (TPSA) is 63.3 Å². The van der Waals surface area contributed by atoms with E-state index < -0.39 is 13.9 Å². The fourth-order valence-corrected chi connectivity index (χ4v) is 4.81. The van der Waals surface area contributed by atoms with Crippen LogP contribution in [0.5, 0.6) is 0 Å². The van der Waals surface area contributed by atoms with Gasteiger partial charge in [0.05, 0.1) is 6.16 Å². The van der Waals surface area contributed by atoms with Crippen LogP contribution in [0.25, 0.3) is 0 Å². The Hall–Kier alpha value is -1.70. The van der Waals surface area contributed by atoms with Crippen molar-refractivity contribution in [2.24, 2.45) is 5.73 Å². The minimum absolute atomic E-state index is 0.184. The van der Waals surface area contributed by atoms with E-state index in [4.69, 9.17) is 10.8 Å². The van der Waals surface area contributed by atoms with Crippen LogP contribution >= 0.6 is 7.92 Å². The van der Waals surface area contributed by atoms with Crippen LogP contribution in [-0.4, -0.2) is 23.3 Å². The average Bonchev–Trinajstić information content (AvgIpc) is 2.62. The van der Waals surface area contributed by atoms with E-state index in [-0.39, 0.29) is 6.16 Å². The van der Waals surface area contributed by atoms with Gasteiger partial charge in [0.2, 0.25) is 0 Å². The summed E-state index contributed by atoms with van der Waals surface area (Å²) in [7, 11) is -0.790. The van der Waals surface area contributed by atoms with Crippen molar-refractivity contribution >= 4 is 24.5 Å². The zero-order valence-corrected chi connectivity index (χ0v) is 14.9. The van der Waals surface area contributed by atoms with E-state index in [2.05, 4.69) is 0 Å². The highest BCUT2D eigenvalue weighted by Crippen LogP contribution is 2.32. The van der Waals surface area contributed by atoms with Crippen LogP contribution in [0.1, 0.15) is 32.1 Å². The van der Waals surface area contributed by atoms with Crippen molar-refractivity contribution in [1.29, 1.82) is 0 Å². The Morgan fingerprint density at radius 2 is 1.38 bits per heavy atom. The molecule has 3 N–H and O–H groups in total. The molecule has 2 aromatic carbocycles. The number of hydrogen-bond acceptors (Lipinski definition) is 2. The summed E-state index contributed by atoms with van der Waals surface area (Å²) in [5.41, 5.74) is 5.63. The van der Waals surface area contributed by atoms with Gasteiger partial charge in [-0.1, -0.05) is 79.9 Å². The Balaban J connectivity index is 0.000000249. The van der Waals surface area contributed by atoms with Crippen LogP contribution < -0.4 is 16.3 Å². The average molecular weight is 343 g/mol. The molecule has 0 bridgehead atoms. The number of carboxylic acid groups (broad SMARTS) is 1. The second-order valence-electron chi connectivity index (χ2n) is 6.05. The van der Waals surface area contributed by atoms with Crippen molar-refractivity contribution in [2.45, 2.75) is 38.1 Å². The molecule has 0 spiro atoms. The standard InChI is InChI=1S/C14H13O2P.C6H13N/c15-14(16)11-17(12-7-3-1-4-8-12)13-9-5-2-6-10-13;7-6-4-2-1-3-5-6/h1-10H,11H2,(H,15,16);6H,1-5,7H2. The van der Waals surface area contributed by atoms with Crippen molar-refractivity contribution in [3.63, 3.8) is 0 Å². The van der Waals surface area contributed by atoms with Gasteiger partial charge in [-0.2, -0.15) is 0 Å². The highest BCUT2D eigenvalue weighted by atomic mass is 31.1. The molecular weight excluding hydrogens is 317 g/mol. The first-order valence-electron chi connectivity index (χ1n) is 8.52. The second kappa shape index (κ2) is 10.2. The van der Waals surface area contributed by atoms with Gasteiger partial charge >= 0.3 is 5.97 Å². The fraction of sp³-hybridized carbons (Fsp3) is 0.350. The predicted molar refractivity (Wildman–Crippen MR) is 103 cm³/mol. The van der Waals surface area contributed by atoms with Crippen LogP contribution in [0.3, 0.4) is 0 Å². The Kier molecular flexibility index (Phi) is 7.94. The van der Waals surface area contributed by atoms with Crippen molar-refractivity contribution < 1.29 is 9.90 Å². The van der Waals surface area contributed by atoms with Gasteiger partial charge in [-0.25, -0.2) is 0 Å². The molecule has 0 aliphatic heterocycles. The molecule has 0 unspecified atom stereocenters. The SMILES string of the molecule is NC1CCCCC1.O=C(O)CP(c1ccccc1)c1ccccc1. The lowest BCUT2D eigenvalue weighted by atomic mass is 9.97.